The zero-order chi connectivity index (χ0) is 23.6. The Hall–Kier alpha value is -2.99. The SMILES string of the molecule is COC(=O)C1=C(C(=O)OC)N(c2cc(Cl)c(Br)cc2Cl)C(N)=C(C#N)C1c1ccccc1. The van der Waals surface area contributed by atoms with Crippen LogP contribution in [0.3, 0.4) is 0 Å². The Morgan fingerprint density at radius 1 is 1.09 bits per heavy atom. The lowest BCUT2D eigenvalue weighted by molar-refractivity contribution is -0.139. The van der Waals surface area contributed by atoms with Crippen molar-refractivity contribution in [2.24, 2.45) is 5.73 Å². The van der Waals surface area contributed by atoms with Gasteiger partial charge in [0.25, 0.3) is 0 Å². The minimum atomic E-state index is -0.969. The molecule has 0 amide bonds. The second kappa shape index (κ2) is 9.65. The van der Waals surface area contributed by atoms with Crippen molar-refractivity contribution in [2.75, 3.05) is 19.1 Å². The summed E-state index contributed by atoms with van der Waals surface area (Å²) in [6.07, 6.45) is 0. The number of methoxy groups -OCH3 is 2. The first-order valence-corrected chi connectivity index (χ1v) is 10.6. The fourth-order valence-electron chi connectivity index (χ4n) is 3.45. The van der Waals surface area contributed by atoms with E-state index in [0.717, 1.165) is 7.11 Å². The van der Waals surface area contributed by atoms with E-state index in [2.05, 4.69) is 22.0 Å². The Morgan fingerprint density at radius 2 is 1.72 bits per heavy atom. The van der Waals surface area contributed by atoms with Gasteiger partial charge >= 0.3 is 11.9 Å². The van der Waals surface area contributed by atoms with E-state index in [1.807, 2.05) is 0 Å². The van der Waals surface area contributed by atoms with Crippen LogP contribution in [0.2, 0.25) is 10.0 Å². The molecule has 1 aliphatic rings. The summed E-state index contributed by atoms with van der Waals surface area (Å²) in [7, 11) is 2.34. The molecule has 0 fully saturated rings. The molecule has 0 radical (unpaired) electrons. The fraction of sp³-hybridized carbons (Fsp3) is 0.136. The minimum Gasteiger partial charge on any atom is -0.466 e. The lowest BCUT2D eigenvalue weighted by Crippen LogP contribution is -2.40. The standard InChI is InChI=1S/C22H16BrCl2N3O4/c1-31-21(29)18-17(11-6-4-3-5-7-11)12(10-26)20(27)28(19(18)22(30)32-2)16-9-14(24)13(23)8-15(16)25/h3-9,17H,27H2,1-2H3. The maximum Gasteiger partial charge on any atom is 0.355 e. The lowest BCUT2D eigenvalue weighted by atomic mass is 9.81. The molecule has 1 atom stereocenters. The summed E-state index contributed by atoms with van der Waals surface area (Å²) in [4.78, 5) is 27.2. The Labute approximate surface area is 202 Å². The second-order valence-corrected chi connectivity index (χ2v) is 8.22. The quantitative estimate of drug-likeness (QED) is 0.447. The molecular formula is C22H16BrCl2N3O4. The zero-order valence-corrected chi connectivity index (χ0v) is 20.0. The molecule has 0 aliphatic carbocycles. The number of anilines is 1. The highest BCUT2D eigenvalue weighted by atomic mass is 79.9. The summed E-state index contributed by atoms with van der Waals surface area (Å²) in [5, 5.41) is 10.4. The number of halogens is 3. The van der Waals surface area contributed by atoms with Crippen LogP contribution in [0.4, 0.5) is 5.69 Å². The van der Waals surface area contributed by atoms with Crippen molar-refractivity contribution in [1.82, 2.24) is 0 Å². The highest BCUT2D eigenvalue weighted by molar-refractivity contribution is 9.10. The molecule has 0 saturated carbocycles. The van der Waals surface area contributed by atoms with Crippen LogP contribution in [-0.4, -0.2) is 26.2 Å². The van der Waals surface area contributed by atoms with Gasteiger partial charge in [-0.1, -0.05) is 53.5 Å². The highest BCUT2D eigenvalue weighted by Gasteiger charge is 2.43. The third-order valence-corrected chi connectivity index (χ3v) is 6.34. The molecule has 2 aromatic rings. The van der Waals surface area contributed by atoms with Crippen molar-refractivity contribution in [3.05, 3.63) is 85.2 Å². The zero-order valence-electron chi connectivity index (χ0n) is 16.9. The van der Waals surface area contributed by atoms with Crippen molar-refractivity contribution >= 4 is 56.8 Å². The van der Waals surface area contributed by atoms with Crippen LogP contribution < -0.4 is 10.6 Å². The van der Waals surface area contributed by atoms with E-state index in [1.165, 1.54) is 24.1 Å². The third kappa shape index (κ3) is 4.07. The molecule has 0 aromatic heterocycles. The van der Waals surface area contributed by atoms with E-state index in [4.69, 9.17) is 38.4 Å². The number of rotatable bonds is 4. The number of carbonyl (C=O) groups excluding carboxylic acids is 2. The van der Waals surface area contributed by atoms with E-state index >= 15 is 0 Å². The third-order valence-electron chi connectivity index (χ3n) is 4.84. The summed E-state index contributed by atoms with van der Waals surface area (Å²) < 4.78 is 10.5. The van der Waals surface area contributed by atoms with Crippen LogP contribution in [0.15, 0.2) is 69.6 Å². The smallest absolute Gasteiger partial charge is 0.355 e. The number of nitriles is 1. The van der Waals surface area contributed by atoms with Gasteiger partial charge in [-0.05, 0) is 33.6 Å². The molecule has 164 valence electrons. The average molecular weight is 537 g/mol. The predicted molar refractivity (Wildman–Crippen MR) is 124 cm³/mol. The minimum absolute atomic E-state index is 0.0272. The Balaban J connectivity index is 2.46. The first-order chi connectivity index (χ1) is 15.3. The van der Waals surface area contributed by atoms with Crippen LogP contribution in [0.5, 0.6) is 0 Å². The van der Waals surface area contributed by atoms with E-state index in [0.29, 0.717) is 10.0 Å². The van der Waals surface area contributed by atoms with Gasteiger partial charge in [0.2, 0.25) is 0 Å². The normalized spacial score (nSPS) is 16.0. The van der Waals surface area contributed by atoms with Crippen LogP contribution in [0.25, 0.3) is 0 Å². The van der Waals surface area contributed by atoms with Crippen LogP contribution in [0, 0.1) is 11.3 Å². The molecular weight excluding hydrogens is 521 g/mol. The number of nitrogens with two attached hydrogens (primary N) is 1. The van der Waals surface area contributed by atoms with Gasteiger partial charge in [-0.2, -0.15) is 5.26 Å². The number of hydrogen-bond acceptors (Lipinski definition) is 7. The van der Waals surface area contributed by atoms with Crippen LogP contribution in [-0.2, 0) is 19.1 Å². The monoisotopic (exact) mass is 535 g/mol. The Kier molecular flexibility index (Phi) is 7.14. The number of benzene rings is 2. The Bertz CT molecular complexity index is 1210. The fourth-order valence-corrected chi connectivity index (χ4v) is 4.33. The number of ether oxygens (including phenoxy) is 2. The average Bonchev–Trinajstić information content (AvgIpc) is 2.80. The van der Waals surface area contributed by atoms with Crippen molar-refractivity contribution in [1.29, 1.82) is 5.26 Å². The van der Waals surface area contributed by atoms with E-state index in [9.17, 15) is 14.9 Å². The molecule has 3 rings (SSSR count). The predicted octanol–water partition coefficient (Wildman–Crippen LogP) is 4.65. The molecule has 7 nitrogen and oxygen atoms in total. The summed E-state index contributed by atoms with van der Waals surface area (Å²) in [5.41, 5.74) is 6.83. The molecule has 1 unspecified atom stereocenters. The largest absolute Gasteiger partial charge is 0.466 e. The van der Waals surface area contributed by atoms with Gasteiger partial charge in [0.15, 0.2) is 0 Å². The molecule has 2 N–H and O–H groups in total. The van der Waals surface area contributed by atoms with E-state index in [-0.39, 0.29) is 38.4 Å². The van der Waals surface area contributed by atoms with Gasteiger partial charge in [-0.15, -0.1) is 0 Å². The number of carbonyl (C=O) groups is 2. The van der Waals surface area contributed by atoms with Gasteiger partial charge in [-0.3, -0.25) is 4.90 Å². The Morgan fingerprint density at radius 3 is 2.28 bits per heavy atom. The topological polar surface area (TPSA) is 106 Å². The van der Waals surface area contributed by atoms with E-state index < -0.39 is 17.9 Å². The maximum absolute atomic E-state index is 13.0. The summed E-state index contributed by atoms with van der Waals surface area (Å²) in [5.74, 6) is -2.77. The molecule has 10 heteroatoms. The van der Waals surface area contributed by atoms with Crippen molar-refractivity contribution < 1.29 is 19.1 Å². The highest BCUT2D eigenvalue weighted by Crippen LogP contribution is 2.45. The second-order valence-electron chi connectivity index (χ2n) is 6.55. The van der Waals surface area contributed by atoms with Gasteiger partial charge in [0.05, 0.1) is 53.1 Å². The summed E-state index contributed by atoms with van der Waals surface area (Å²) in [6.45, 7) is 0. The number of nitrogens with zero attached hydrogens (tertiary/aromatic N) is 2. The van der Waals surface area contributed by atoms with Crippen LogP contribution in [0.1, 0.15) is 11.5 Å². The van der Waals surface area contributed by atoms with Gasteiger partial charge < -0.3 is 15.2 Å². The van der Waals surface area contributed by atoms with E-state index in [1.54, 1.807) is 30.3 Å². The molecule has 32 heavy (non-hydrogen) atoms. The molecule has 0 saturated heterocycles. The van der Waals surface area contributed by atoms with Crippen molar-refractivity contribution in [3.63, 3.8) is 0 Å². The van der Waals surface area contributed by atoms with Crippen molar-refractivity contribution in [2.45, 2.75) is 5.92 Å². The van der Waals surface area contributed by atoms with Gasteiger partial charge in [0, 0.05) is 4.47 Å². The van der Waals surface area contributed by atoms with Crippen LogP contribution >= 0.6 is 39.1 Å². The molecule has 0 bridgehead atoms. The van der Waals surface area contributed by atoms with Gasteiger partial charge in [-0.25, -0.2) is 9.59 Å². The van der Waals surface area contributed by atoms with Gasteiger partial charge in [0.1, 0.15) is 11.5 Å². The first-order valence-electron chi connectivity index (χ1n) is 9.06. The molecule has 1 aliphatic heterocycles. The molecule has 2 aromatic carbocycles. The molecule has 1 heterocycles. The van der Waals surface area contributed by atoms with Crippen molar-refractivity contribution in [3.8, 4) is 6.07 Å². The molecule has 0 spiro atoms. The lowest BCUT2D eigenvalue weighted by Gasteiger charge is -2.36. The number of allylic oxidation sites excluding steroid dienone is 1. The maximum atomic E-state index is 13.0. The number of hydrogen-bond donors (Lipinski definition) is 1. The number of esters is 2. The summed E-state index contributed by atoms with van der Waals surface area (Å²) in [6, 6.07) is 13.7. The summed E-state index contributed by atoms with van der Waals surface area (Å²) >= 11 is 16.0. The first kappa shape index (κ1) is 23.7.